The van der Waals surface area contributed by atoms with Crippen LogP contribution >= 0.6 is 0 Å². The minimum absolute atomic E-state index is 0.000153. The lowest BCUT2D eigenvalue weighted by molar-refractivity contribution is -0.274. The highest BCUT2D eigenvalue weighted by atomic mass is 19.4. The van der Waals surface area contributed by atoms with Gasteiger partial charge in [0.1, 0.15) is 0 Å². The van der Waals surface area contributed by atoms with Crippen molar-refractivity contribution >= 4 is 6.03 Å². The average Bonchev–Trinajstić information content (AvgIpc) is 3.02. The lowest BCUT2D eigenvalue weighted by Crippen LogP contribution is -2.46. The summed E-state index contributed by atoms with van der Waals surface area (Å²) >= 11 is 0. The largest absolute Gasteiger partial charge is 0.573 e. The summed E-state index contributed by atoms with van der Waals surface area (Å²) in [5.41, 5.74) is 1.12. The third kappa shape index (κ3) is 4.52. The third-order valence-corrected chi connectivity index (χ3v) is 4.18. The number of ether oxygens (including phenoxy) is 1. The number of nitrogens with zero attached hydrogens (tertiary/aromatic N) is 3. The van der Waals surface area contributed by atoms with E-state index in [0.717, 1.165) is 41.9 Å². The Bertz CT molecular complexity index is 715. The Morgan fingerprint density at radius 2 is 2.00 bits per heavy atom. The summed E-state index contributed by atoms with van der Waals surface area (Å²) in [6.07, 6.45) is 0.490. The fraction of sp³-hybridized carbons (Fsp3) is 0.412. The zero-order valence-corrected chi connectivity index (χ0v) is 13.4. The number of alkyl halides is 3. The molecule has 1 saturated heterocycles. The highest BCUT2D eigenvalue weighted by molar-refractivity contribution is 5.76. The van der Waals surface area contributed by atoms with Crippen LogP contribution < -0.4 is 4.74 Å². The quantitative estimate of drug-likeness (QED) is 0.842. The molecule has 0 spiro atoms. The van der Waals surface area contributed by atoms with Crippen molar-refractivity contribution in [3.63, 3.8) is 0 Å². The second-order valence-corrected chi connectivity index (χ2v) is 5.98. The lowest BCUT2D eigenvalue weighted by Gasteiger charge is -2.35. The standard InChI is InChI=1S/C17H18F3N3O2/c18-17(19,20)25-15-11-21-23(12-15)16(24)22-9-5-4-8-14(22)10-13-6-2-1-3-7-13/h1-3,6-7,11-12,14H,4-5,8-10H2. The number of halogens is 3. The van der Waals surface area contributed by atoms with Gasteiger partial charge >= 0.3 is 12.4 Å². The number of likely N-dealkylation sites (tertiary alicyclic amines) is 1. The number of hydrogen-bond acceptors (Lipinski definition) is 3. The number of hydrogen-bond donors (Lipinski definition) is 0. The van der Waals surface area contributed by atoms with E-state index in [0.29, 0.717) is 13.0 Å². The molecule has 0 saturated carbocycles. The lowest BCUT2D eigenvalue weighted by atomic mass is 9.96. The van der Waals surface area contributed by atoms with Crippen LogP contribution in [0, 0.1) is 0 Å². The molecular weight excluding hydrogens is 335 g/mol. The number of carbonyl (C=O) groups is 1. The van der Waals surface area contributed by atoms with Crippen LogP contribution in [-0.4, -0.2) is 39.7 Å². The summed E-state index contributed by atoms with van der Waals surface area (Å²) in [5, 5.41) is 3.72. The maximum absolute atomic E-state index is 12.7. The number of aromatic nitrogens is 2. The molecule has 2 aromatic rings. The van der Waals surface area contributed by atoms with Crippen molar-refractivity contribution in [1.82, 2.24) is 14.7 Å². The van der Waals surface area contributed by atoms with Crippen LogP contribution in [-0.2, 0) is 6.42 Å². The van der Waals surface area contributed by atoms with E-state index in [-0.39, 0.29) is 6.04 Å². The molecule has 8 heteroatoms. The zero-order valence-electron chi connectivity index (χ0n) is 13.4. The molecule has 0 radical (unpaired) electrons. The van der Waals surface area contributed by atoms with Gasteiger partial charge in [-0.15, -0.1) is 13.2 Å². The van der Waals surface area contributed by atoms with Crippen LogP contribution in [0.3, 0.4) is 0 Å². The Kier molecular flexibility index (Phi) is 4.96. The summed E-state index contributed by atoms with van der Waals surface area (Å²) in [6.45, 7) is 0.561. The first-order valence-electron chi connectivity index (χ1n) is 8.08. The van der Waals surface area contributed by atoms with E-state index in [4.69, 9.17) is 0 Å². The molecule has 1 unspecified atom stereocenters. The first-order valence-corrected chi connectivity index (χ1v) is 8.08. The average molecular weight is 353 g/mol. The van der Waals surface area contributed by atoms with Gasteiger partial charge in [-0.05, 0) is 31.2 Å². The van der Waals surface area contributed by atoms with Crippen molar-refractivity contribution in [1.29, 1.82) is 0 Å². The summed E-state index contributed by atoms with van der Waals surface area (Å²) < 4.78 is 41.5. The van der Waals surface area contributed by atoms with Crippen LogP contribution in [0.2, 0.25) is 0 Å². The van der Waals surface area contributed by atoms with Gasteiger partial charge in [-0.2, -0.15) is 9.78 Å². The van der Waals surface area contributed by atoms with Gasteiger partial charge in [-0.3, -0.25) is 0 Å². The van der Waals surface area contributed by atoms with E-state index >= 15 is 0 Å². The van der Waals surface area contributed by atoms with E-state index in [1.54, 1.807) is 4.90 Å². The molecule has 5 nitrogen and oxygen atoms in total. The molecule has 0 aliphatic carbocycles. The van der Waals surface area contributed by atoms with Gasteiger partial charge in [0.05, 0.1) is 12.4 Å². The van der Waals surface area contributed by atoms with Crippen LogP contribution in [0.25, 0.3) is 0 Å². The minimum atomic E-state index is -4.81. The van der Waals surface area contributed by atoms with Crippen LogP contribution in [0.5, 0.6) is 5.75 Å². The molecule has 0 bridgehead atoms. The third-order valence-electron chi connectivity index (χ3n) is 4.18. The van der Waals surface area contributed by atoms with E-state index in [9.17, 15) is 18.0 Å². The number of benzene rings is 1. The normalized spacial score (nSPS) is 18.2. The molecule has 1 aromatic carbocycles. The Morgan fingerprint density at radius 3 is 2.72 bits per heavy atom. The van der Waals surface area contributed by atoms with Gasteiger partial charge in [-0.1, -0.05) is 30.3 Å². The fourth-order valence-corrected chi connectivity index (χ4v) is 3.08. The van der Waals surface area contributed by atoms with E-state index in [2.05, 4.69) is 9.84 Å². The number of amides is 1. The minimum Gasteiger partial charge on any atom is -0.402 e. The predicted molar refractivity (Wildman–Crippen MR) is 84.2 cm³/mol. The second-order valence-electron chi connectivity index (χ2n) is 5.98. The predicted octanol–water partition coefficient (Wildman–Crippen LogP) is 3.85. The Hall–Kier alpha value is -2.51. The summed E-state index contributed by atoms with van der Waals surface area (Å²) in [7, 11) is 0. The van der Waals surface area contributed by atoms with E-state index in [1.807, 2.05) is 30.3 Å². The molecule has 25 heavy (non-hydrogen) atoms. The Morgan fingerprint density at radius 1 is 1.24 bits per heavy atom. The topological polar surface area (TPSA) is 47.4 Å². The number of carbonyl (C=O) groups excluding carboxylic acids is 1. The SMILES string of the molecule is O=C(N1CCCCC1Cc1ccccc1)n1cc(OC(F)(F)F)cn1. The zero-order chi connectivity index (χ0) is 17.9. The molecule has 134 valence electrons. The Balaban J connectivity index is 1.72. The van der Waals surface area contributed by atoms with Crippen LogP contribution in [0.1, 0.15) is 24.8 Å². The van der Waals surface area contributed by atoms with Crippen LogP contribution in [0.15, 0.2) is 42.7 Å². The highest BCUT2D eigenvalue weighted by Gasteiger charge is 2.33. The van der Waals surface area contributed by atoms with Crippen molar-refractivity contribution in [3.8, 4) is 5.75 Å². The van der Waals surface area contributed by atoms with Crippen molar-refractivity contribution in [2.24, 2.45) is 0 Å². The molecule has 2 heterocycles. The molecule has 1 aliphatic rings. The molecule has 1 aliphatic heterocycles. The van der Waals surface area contributed by atoms with Crippen molar-refractivity contribution < 1.29 is 22.7 Å². The number of piperidine rings is 1. The number of rotatable bonds is 3. The van der Waals surface area contributed by atoms with Crippen molar-refractivity contribution in [2.45, 2.75) is 38.1 Å². The first kappa shape index (κ1) is 17.3. The first-order chi connectivity index (χ1) is 11.9. The van der Waals surface area contributed by atoms with E-state index in [1.165, 1.54) is 0 Å². The monoisotopic (exact) mass is 353 g/mol. The molecule has 0 N–H and O–H groups in total. The molecule has 1 atom stereocenters. The molecule has 3 rings (SSSR count). The molecular formula is C17H18F3N3O2. The smallest absolute Gasteiger partial charge is 0.402 e. The van der Waals surface area contributed by atoms with Gasteiger partial charge in [0.15, 0.2) is 5.75 Å². The van der Waals surface area contributed by atoms with Gasteiger partial charge in [0.2, 0.25) is 0 Å². The van der Waals surface area contributed by atoms with Gasteiger partial charge < -0.3 is 9.64 Å². The maximum Gasteiger partial charge on any atom is 0.573 e. The second kappa shape index (κ2) is 7.16. The Labute approximate surface area is 143 Å². The molecule has 1 fully saturated rings. The summed E-state index contributed by atoms with van der Waals surface area (Å²) in [6, 6.07) is 9.38. The van der Waals surface area contributed by atoms with Crippen LogP contribution in [0.4, 0.5) is 18.0 Å². The summed E-state index contributed by atoms with van der Waals surface area (Å²) in [4.78, 5) is 14.4. The molecule has 1 aromatic heterocycles. The maximum atomic E-state index is 12.7. The highest BCUT2D eigenvalue weighted by Crippen LogP contribution is 2.24. The summed E-state index contributed by atoms with van der Waals surface area (Å²) in [5.74, 6) is -0.502. The van der Waals surface area contributed by atoms with Gasteiger partial charge in [0, 0.05) is 12.6 Å². The van der Waals surface area contributed by atoms with Crippen molar-refractivity contribution in [2.75, 3.05) is 6.54 Å². The fourth-order valence-electron chi connectivity index (χ4n) is 3.08. The van der Waals surface area contributed by atoms with E-state index < -0.39 is 18.1 Å². The van der Waals surface area contributed by atoms with Crippen molar-refractivity contribution in [3.05, 3.63) is 48.3 Å². The van der Waals surface area contributed by atoms with Gasteiger partial charge in [0.25, 0.3) is 0 Å². The van der Waals surface area contributed by atoms with Gasteiger partial charge in [-0.25, -0.2) is 4.79 Å². The molecule has 1 amide bonds.